The van der Waals surface area contributed by atoms with Gasteiger partial charge in [-0.2, -0.15) is 0 Å². The number of pyridine rings is 1. The summed E-state index contributed by atoms with van der Waals surface area (Å²) < 4.78 is 28.7. The van der Waals surface area contributed by atoms with Crippen LogP contribution < -0.4 is 10.3 Å². The Bertz CT molecular complexity index is 1080. The Morgan fingerprint density at radius 1 is 1.04 bits per heavy atom. The van der Waals surface area contributed by atoms with Crippen molar-refractivity contribution in [1.29, 1.82) is 0 Å². The summed E-state index contributed by atoms with van der Waals surface area (Å²) in [6.07, 6.45) is 1.37. The molecule has 2 aromatic heterocycles. The van der Waals surface area contributed by atoms with Gasteiger partial charge in [0.2, 0.25) is 0 Å². The van der Waals surface area contributed by atoms with Gasteiger partial charge in [-0.25, -0.2) is 18.1 Å². The molecule has 0 saturated heterocycles. The summed E-state index contributed by atoms with van der Waals surface area (Å²) in [6, 6.07) is 9.54. The molecule has 8 heteroatoms. The van der Waals surface area contributed by atoms with E-state index in [1.165, 1.54) is 16.9 Å². The predicted molar refractivity (Wildman–Crippen MR) is 95.6 cm³/mol. The van der Waals surface area contributed by atoms with Crippen molar-refractivity contribution in [1.82, 2.24) is 14.8 Å². The Balaban J connectivity index is 1.86. The van der Waals surface area contributed by atoms with E-state index in [-0.39, 0.29) is 10.5 Å². The van der Waals surface area contributed by atoms with Gasteiger partial charge in [-0.05, 0) is 56.2 Å². The number of benzene rings is 1. The summed E-state index contributed by atoms with van der Waals surface area (Å²) in [6.45, 7) is 5.55. The van der Waals surface area contributed by atoms with Gasteiger partial charge in [0, 0.05) is 11.8 Å². The normalized spacial score (nSPS) is 11.5. The van der Waals surface area contributed by atoms with E-state index in [4.69, 9.17) is 0 Å². The zero-order chi connectivity index (χ0) is 18.2. The average molecular weight is 358 g/mol. The zero-order valence-corrected chi connectivity index (χ0v) is 14.9. The lowest BCUT2D eigenvalue weighted by atomic mass is 10.1. The fraction of sp³-hybridized carbons (Fsp3) is 0.176. The van der Waals surface area contributed by atoms with Gasteiger partial charge in [0.1, 0.15) is 0 Å². The molecule has 0 aliphatic heterocycles. The van der Waals surface area contributed by atoms with Crippen molar-refractivity contribution in [3.63, 3.8) is 0 Å². The van der Waals surface area contributed by atoms with Crippen molar-refractivity contribution >= 4 is 15.7 Å². The van der Waals surface area contributed by atoms with Gasteiger partial charge in [0.15, 0.2) is 5.82 Å². The van der Waals surface area contributed by atoms with E-state index in [9.17, 15) is 13.2 Å². The molecule has 1 aromatic carbocycles. The maximum atomic E-state index is 12.5. The molecule has 2 heterocycles. The van der Waals surface area contributed by atoms with Gasteiger partial charge < -0.3 is 0 Å². The van der Waals surface area contributed by atoms with Crippen molar-refractivity contribution in [3.05, 3.63) is 69.8 Å². The van der Waals surface area contributed by atoms with Crippen LogP contribution in [0, 0.1) is 20.8 Å². The smallest absolute Gasteiger partial charge is 0.272 e. The number of nitrogens with one attached hydrogen (secondary N) is 2. The molecule has 3 rings (SSSR count). The average Bonchev–Trinajstić information content (AvgIpc) is 2.89. The molecule has 2 N–H and O–H groups in total. The van der Waals surface area contributed by atoms with Gasteiger partial charge in [-0.1, -0.05) is 6.07 Å². The van der Waals surface area contributed by atoms with Crippen LogP contribution >= 0.6 is 0 Å². The molecule has 0 atom stereocenters. The molecule has 0 aliphatic carbocycles. The highest BCUT2D eigenvalue weighted by Gasteiger charge is 2.15. The summed E-state index contributed by atoms with van der Waals surface area (Å²) in [5.41, 5.74) is 2.73. The van der Waals surface area contributed by atoms with Gasteiger partial charge >= 0.3 is 0 Å². The third-order valence-electron chi connectivity index (χ3n) is 3.87. The van der Waals surface area contributed by atoms with Crippen LogP contribution in [-0.2, 0) is 10.0 Å². The Morgan fingerprint density at radius 2 is 1.80 bits per heavy atom. The van der Waals surface area contributed by atoms with Gasteiger partial charge in [0.25, 0.3) is 15.6 Å². The zero-order valence-electron chi connectivity index (χ0n) is 14.1. The van der Waals surface area contributed by atoms with E-state index < -0.39 is 10.0 Å². The number of H-pyrrole nitrogens is 1. The van der Waals surface area contributed by atoms with Crippen molar-refractivity contribution in [2.45, 2.75) is 25.7 Å². The van der Waals surface area contributed by atoms with E-state index in [2.05, 4.69) is 14.8 Å². The van der Waals surface area contributed by atoms with Crippen molar-refractivity contribution in [3.8, 4) is 5.82 Å². The van der Waals surface area contributed by atoms with Crippen LogP contribution in [0.25, 0.3) is 5.82 Å². The Hall–Kier alpha value is -2.87. The van der Waals surface area contributed by atoms with Crippen LogP contribution in [0.2, 0.25) is 0 Å². The minimum atomic E-state index is -3.70. The van der Waals surface area contributed by atoms with Crippen LogP contribution in [0.4, 0.5) is 5.69 Å². The Labute approximate surface area is 145 Å². The first-order valence-electron chi connectivity index (χ1n) is 7.61. The van der Waals surface area contributed by atoms with Crippen LogP contribution in [0.1, 0.15) is 16.8 Å². The largest absolute Gasteiger partial charge is 0.294 e. The molecule has 0 bridgehead atoms. The third-order valence-corrected chi connectivity index (χ3v) is 5.25. The van der Waals surface area contributed by atoms with E-state index in [1.807, 2.05) is 13.8 Å². The first-order chi connectivity index (χ1) is 11.8. The second-order valence-corrected chi connectivity index (χ2v) is 7.55. The highest BCUT2D eigenvalue weighted by atomic mass is 32.2. The van der Waals surface area contributed by atoms with Crippen molar-refractivity contribution in [2.75, 3.05) is 4.72 Å². The summed E-state index contributed by atoms with van der Waals surface area (Å²) in [5.74, 6) is 0.382. The second-order valence-electron chi connectivity index (χ2n) is 5.87. The fourth-order valence-corrected chi connectivity index (χ4v) is 3.49. The number of nitrogens with zero attached hydrogens (tertiary/aromatic N) is 2. The quantitative estimate of drug-likeness (QED) is 0.748. The third kappa shape index (κ3) is 3.48. The molecule has 3 aromatic rings. The maximum Gasteiger partial charge on any atom is 0.272 e. The summed E-state index contributed by atoms with van der Waals surface area (Å²) >= 11 is 0. The van der Waals surface area contributed by atoms with Crippen molar-refractivity contribution in [2.24, 2.45) is 0 Å². The number of anilines is 1. The van der Waals surface area contributed by atoms with Crippen molar-refractivity contribution < 1.29 is 8.42 Å². The monoisotopic (exact) mass is 358 g/mol. The molecule has 0 fully saturated rings. The lowest BCUT2D eigenvalue weighted by Gasteiger charge is -2.10. The topological polar surface area (TPSA) is 96.8 Å². The van der Waals surface area contributed by atoms with Gasteiger partial charge in [-0.15, -0.1) is 0 Å². The molecule has 130 valence electrons. The number of hydrogen-bond acceptors (Lipinski definition) is 4. The second kappa shape index (κ2) is 6.21. The van der Waals surface area contributed by atoms with E-state index in [0.29, 0.717) is 17.2 Å². The van der Waals surface area contributed by atoms with Gasteiger partial charge in [0.05, 0.1) is 16.8 Å². The highest BCUT2D eigenvalue weighted by Crippen LogP contribution is 2.18. The van der Waals surface area contributed by atoms with E-state index in [0.717, 1.165) is 11.1 Å². The molecule has 0 saturated carbocycles. The molecule has 0 spiro atoms. The first kappa shape index (κ1) is 17.0. The lowest BCUT2D eigenvalue weighted by Crippen LogP contribution is -2.16. The maximum absolute atomic E-state index is 12.5. The summed E-state index contributed by atoms with van der Waals surface area (Å²) in [4.78, 5) is 16.1. The van der Waals surface area contributed by atoms with Gasteiger partial charge in [-0.3, -0.25) is 14.6 Å². The standard InChI is InChI=1S/C17H18N4O3S/c1-11-4-6-15(8-12(11)2)25(23,24)20-14-5-7-16(18-10-14)21-17(22)9-13(3)19-21/h4-10,19-20H,1-3H3. The Kier molecular flexibility index (Phi) is 4.22. The minimum absolute atomic E-state index is 0.191. The summed E-state index contributed by atoms with van der Waals surface area (Å²) in [5, 5.41) is 2.87. The molecular weight excluding hydrogens is 340 g/mol. The summed E-state index contributed by atoms with van der Waals surface area (Å²) in [7, 11) is -3.70. The molecule has 0 radical (unpaired) electrons. The number of sulfonamides is 1. The lowest BCUT2D eigenvalue weighted by molar-refractivity contribution is 0.601. The molecular formula is C17H18N4O3S. The van der Waals surface area contributed by atoms with Crippen LogP contribution in [-0.4, -0.2) is 23.2 Å². The molecule has 7 nitrogen and oxygen atoms in total. The minimum Gasteiger partial charge on any atom is -0.294 e. The number of rotatable bonds is 4. The SMILES string of the molecule is Cc1cc(=O)n(-c2ccc(NS(=O)(=O)c3ccc(C)c(C)c3)cn2)[nH]1. The number of aromatic amines is 1. The number of aryl methyl sites for hydroxylation is 3. The first-order valence-corrected chi connectivity index (χ1v) is 9.10. The van der Waals surface area contributed by atoms with E-state index in [1.54, 1.807) is 37.3 Å². The highest BCUT2D eigenvalue weighted by molar-refractivity contribution is 7.92. The van der Waals surface area contributed by atoms with Crippen LogP contribution in [0.15, 0.2) is 52.3 Å². The van der Waals surface area contributed by atoms with Crippen LogP contribution in [0.3, 0.4) is 0 Å². The van der Waals surface area contributed by atoms with E-state index >= 15 is 0 Å². The van der Waals surface area contributed by atoms with Crippen LogP contribution in [0.5, 0.6) is 0 Å². The Morgan fingerprint density at radius 3 is 2.36 bits per heavy atom. The predicted octanol–water partition coefficient (Wildman–Crippen LogP) is 2.29. The molecule has 0 amide bonds. The molecule has 25 heavy (non-hydrogen) atoms. The number of aromatic nitrogens is 3. The number of hydrogen-bond donors (Lipinski definition) is 2. The molecule has 0 unspecified atom stereocenters. The molecule has 0 aliphatic rings. The fourth-order valence-electron chi connectivity index (χ4n) is 2.36.